The van der Waals surface area contributed by atoms with E-state index in [1.807, 2.05) is 14.0 Å². The summed E-state index contributed by atoms with van der Waals surface area (Å²) in [5.41, 5.74) is -1.47. The number of carboxylic acid groups (broad SMARTS) is 1. The number of β-lactam (4-membered cyclic amide) rings is 1. The molecule has 4 heterocycles. The maximum absolute atomic E-state index is 13.1. The van der Waals surface area contributed by atoms with Crippen molar-refractivity contribution in [2.75, 3.05) is 64.1 Å². The minimum Gasteiger partial charge on any atom is -0.481 e. The lowest BCUT2D eigenvalue weighted by atomic mass is 9.88. The molecule has 0 aromatic carbocycles. The van der Waals surface area contributed by atoms with Crippen molar-refractivity contribution < 1.29 is 38.7 Å². The summed E-state index contributed by atoms with van der Waals surface area (Å²) >= 11 is 2.28. The molecule has 3 fully saturated rings. The van der Waals surface area contributed by atoms with Gasteiger partial charge in [0.15, 0.2) is 10.8 Å². The van der Waals surface area contributed by atoms with Crippen LogP contribution in [0.3, 0.4) is 0 Å². The van der Waals surface area contributed by atoms with Gasteiger partial charge in [0.25, 0.3) is 5.91 Å². The molecule has 2 unspecified atom stereocenters. The Hall–Kier alpha value is -3.44. The Labute approximate surface area is 238 Å². The van der Waals surface area contributed by atoms with Crippen LogP contribution in [0.4, 0.5) is 9.93 Å². The van der Waals surface area contributed by atoms with E-state index < -0.39 is 40.7 Å². The van der Waals surface area contributed by atoms with Gasteiger partial charge in [0.2, 0.25) is 12.3 Å². The molecule has 3 aliphatic heterocycles. The van der Waals surface area contributed by atoms with Crippen LogP contribution in [0.1, 0.15) is 19.0 Å². The Balaban J connectivity index is 1.38. The lowest BCUT2D eigenvalue weighted by Crippen LogP contribution is -2.74. The van der Waals surface area contributed by atoms with Crippen molar-refractivity contribution in [3.05, 3.63) is 11.1 Å². The van der Waals surface area contributed by atoms with Crippen LogP contribution in [0.2, 0.25) is 0 Å². The van der Waals surface area contributed by atoms with Gasteiger partial charge in [0.05, 0.1) is 0 Å². The Morgan fingerprint density at radius 2 is 2.05 bits per heavy atom. The summed E-state index contributed by atoms with van der Waals surface area (Å²) in [6.45, 7) is 3.97. The first kappa shape index (κ1) is 29.5. The molecule has 3 saturated heterocycles. The van der Waals surface area contributed by atoms with Crippen LogP contribution >= 0.6 is 23.1 Å². The Morgan fingerprint density at radius 3 is 2.73 bits per heavy atom. The first-order valence-corrected chi connectivity index (χ1v) is 14.5. The number of hydrogen-bond donors (Lipinski definition) is 3. The maximum Gasteiger partial charge on any atom is 0.409 e. The summed E-state index contributed by atoms with van der Waals surface area (Å²) in [6.07, 6.45) is 0.532. The predicted octanol–water partition coefficient (Wildman–Crippen LogP) is -0.303. The predicted molar refractivity (Wildman–Crippen MR) is 145 cm³/mol. The van der Waals surface area contributed by atoms with Crippen molar-refractivity contribution >= 4 is 64.2 Å². The number of fused-ring (bicyclic) bond motifs is 1. The molecule has 15 nitrogen and oxygen atoms in total. The molecule has 0 saturated carbocycles. The fraction of sp³-hybridized carbons (Fsp3) is 0.609. The third kappa shape index (κ3) is 6.31. The molecule has 0 bridgehead atoms. The van der Waals surface area contributed by atoms with Crippen molar-refractivity contribution in [1.29, 1.82) is 0 Å². The number of ether oxygens (including phenoxy) is 1. The van der Waals surface area contributed by atoms with E-state index in [0.29, 0.717) is 39.0 Å². The summed E-state index contributed by atoms with van der Waals surface area (Å²) in [6, 6.07) is -0.917. The lowest BCUT2D eigenvalue weighted by Gasteiger charge is -2.53. The zero-order chi connectivity index (χ0) is 28.9. The van der Waals surface area contributed by atoms with E-state index in [2.05, 4.69) is 25.7 Å². The second-order valence-electron chi connectivity index (χ2n) is 9.62. The summed E-state index contributed by atoms with van der Waals surface area (Å²) < 4.78 is 5.41. The van der Waals surface area contributed by atoms with Gasteiger partial charge in [-0.05, 0) is 13.5 Å². The molecule has 3 N–H and O–H groups in total. The first-order valence-electron chi connectivity index (χ1n) is 12.6. The van der Waals surface area contributed by atoms with Crippen molar-refractivity contribution in [2.24, 2.45) is 10.6 Å². The molecule has 3 atom stereocenters. The van der Waals surface area contributed by atoms with Gasteiger partial charge in [0, 0.05) is 43.9 Å². The van der Waals surface area contributed by atoms with Crippen molar-refractivity contribution in [3.8, 4) is 0 Å². The number of carbonyl (C=O) groups excluding carboxylic acids is 4. The number of aliphatic carboxylic acids is 1. The van der Waals surface area contributed by atoms with Crippen LogP contribution in [0.25, 0.3) is 0 Å². The van der Waals surface area contributed by atoms with Gasteiger partial charge >= 0.3 is 12.1 Å². The van der Waals surface area contributed by atoms with Gasteiger partial charge in [-0.25, -0.2) is 9.78 Å². The molecule has 0 radical (unpaired) electrons. The number of anilines is 1. The molecule has 40 heavy (non-hydrogen) atoms. The molecule has 0 spiro atoms. The Morgan fingerprint density at radius 1 is 1.30 bits per heavy atom. The van der Waals surface area contributed by atoms with Crippen LogP contribution in [-0.4, -0.2) is 131 Å². The second-order valence-corrected chi connectivity index (χ2v) is 11.6. The van der Waals surface area contributed by atoms with Gasteiger partial charge in [-0.2, -0.15) is 0 Å². The molecule has 17 heteroatoms. The SMILES string of the molecule is CCCON=C(C(=O)NC1C(=O)N2CC(COC(=O)N3CCN(C)CC3)(C(=O)O)CS[C@H]12)c1csc(NC=O)n1. The zero-order valence-corrected chi connectivity index (χ0v) is 23.7. The molecule has 1 aromatic heterocycles. The molecule has 1 aromatic rings. The highest BCUT2D eigenvalue weighted by molar-refractivity contribution is 8.00. The van der Waals surface area contributed by atoms with E-state index >= 15 is 0 Å². The van der Waals surface area contributed by atoms with Crippen LogP contribution in [-0.2, 0) is 28.8 Å². The molecular formula is C23H31N7O8S2. The van der Waals surface area contributed by atoms with E-state index in [0.717, 1.165) is 11.3 Å². The fourth-order valence-corrected chi connectivity index (χ4v) is 6.48. The molecule has 218 valence electrons. The minimum atomic E-state index is -1.47. The number of rotatable bonds is 11. The number of thiazole rings is 1. The normalized spacial score (nSPS) is 24.9. The van der Waals surface area contributed by atoms with Gasteiger partial charge in [-0.15, -0.1) is 23.1 Å². The summed E-state index contributed by atoms with van der Waals surface area (Å²) in [7, 11) is 1.95. The monoisotopic (exact) mass is 597 g/mol. The highest BCUT2D eigenvalue weighted by atomic mass is 32.2. The number of nitrogens with one attached hydrogen (secondary N) is 2. The number of nitrogens with zero attached hydrogens (tertiary/aromatic N) is 5. The lowest BCUT2D eigenvalue weighted by molar-refractivity contribution is -0.160. The molecule has 4 rings (SSSR count). The summed E-state index contributed by atoms with van der Waals surface area (Å²) in [5, 5.41) is 20.2. The van der Waals surface area contributed by atoms with E-state index in [4.69, 9.17) is 9.57 Å². The Kier molecular flexibility index (Phi) is 9.47. The molecular weight excluding hydrogens is 566 g/mol. The zero-order valence-electron chi connectivity index (χ0n) is 22.0. The first-order chi connectivity index (χ1) is 19.2. The fourth-order valence-electron chi connectivity index (χ4n) is 4.30. The number of aromatic nitrogens is 1. The van der Waals surface area contributed by atoms with E-state index in [9.17, 15) is 29.1 Å². The topological polar surface area (TPSA) is 183 Å². The quantitative estimate of drug-likeness (QED) is 0.100. The average Bonchev–Trinajstić information content (AvgIpc) is 3.41. The van der Waals surface area contributed by atoms with Crippen molar-refractivity contribution in [3.63, 3.8) is 0 Å². The number of oxime groups is 1. The van der Waals surface area contributed by atoms with Crippen molar-refractivity contribution in [1.82, 2.24) is 25.0 Å². The van der Waals surface area contributed by atoms with E-state index in [-0.39, 0.29) is 42.0 Å². The molecule has 0 aliphatic carbocycles. The van der Waals surface area contributed by atoms with Crippen LogP contribution in [0.5, 0.6) is 0 Å². The number of carbonyl (C=O) groups is 5. The largest absolute Gasteiger partial charge is 0.481 e. The Bertz CT molecular complexity index is 1170. The van der Waals surface area contributed by atoms with Gasteiger partial charge in [-0.1, -0.05) is 12.1 Å². The highest BCUT2D eigenvalue weighted by Gasteiger charge is 2.58. The summed E-state index contributed by atoms with van der Waals surface area (Å²) in [4.78, 5) is 76.0. The standard InChI is InChI=1S/C23H31N7O8S2/c1-3-8-38-27-15(14-9-39-21(25-14)24-13-31)17(32)26-16-18(33)30-10-23(20(34)35,12-40-19(16)30)11-37-22(36)29-6-4-28(2)5-7-29/h9,13,16,19H,3-8,10-12H2,1-2H3,(H,26,32)(H,34,35)(H,24,25,31)/t16?,19-,23?/m1/s1. The maximum atomic E-state index is 13.1. The van der Waals surface area contributed by atoms with Gasteiger partial charge in [0.1, 0.15) is 35.7 Å². The van der Waals surface area contributed by atoms with Crippen molar-refractivity contribution in [2.45, 2.75) is 24.8 Å². The number of carboxylic acids is 1. The van der Waals surface area contributed by atoms with E-state index in [1.165, 1.54) is 22.0 Å². The number of hydrogen-bond acceptors (Lipinski definition) is 12. The number of piperazine rings is 1. The van der Waals surface area contributed by atoms with Gasteiger partial charge in [-0.3, -0.25) is 19.2 Å². The van der Waals surface area contributed by atoms with Gasteiger partial charge < -0.3 is 40.0 Å². The number of likely N-dealkylation sites (N-methyl/N-ethyl adjacent to an activating group) is 1. The second kappa shape index (κ2) is 12.8. The molecule has 4 amide bonds. The molecule has 3 aliphatic rings. The summed E-state index contributed by atoms with van der Waals surface area (Å²) in [5.74, 6) is -2.26. The highest BCUT2D eigenvalue weighted by Crippen LogP contribution is 2.42. The third-order valence-corrected chi connectivity index (χ3v) is 9.08. The van der Waals surface area contributed by atoms with Crippen LogP contribution in [0.15, 0.2) is 10.5 Å². The van der Waals surface area contributed by atoms with Crippen LogP contribution in [0, 0.1) is 5.41 Å². The van der Waals surface area contributed by atoms with E-state index in [1.54, 1.807) is 4.90 Å². The average molecular weight is 598 g/mol. The number of amides is 4. The smallest absolute Gasteiger partial charge is 0.409 e. The van der Waals surface area contributed by atoms with Crippen LogP contribution < -0.4 is 10.6 Å². The third-order valence-electron chi connectivity index (χ3n) is 6.71. The number of thioether (sulfide) groups is 1. The minimum absolute atomic E-state index is 0.0759.